The van der Waals surface area contributed by atoms with Crippen molar-refractivity contribution in [2.24, 2.45) is 11.3 Å². The zero-order valence-electron chi connectivity index (χ0n) is 17.5. The standard InChI is InChI=1S/C24H32N2O/c1-16(2)19-13-12-17(3)21-22(18-10-8-7-9-11-18)25-26(23(19)21)20(27)14-15-24(4,5)6/h7-11,14-17,19H,12-13H2,1-6H3/b15-14+/t17-,19+/m1/s1. The fourth-order valence-corrected chi connectivity index (χ4v) is 4.01. The molecule has 3 heteroatoms. The Morgan fingerprint density at radius 3 is 2.44 bits per heavy atom. The quantitative estimate of drug-likeness (QED) is 0.588. The van der Waals surface area contributed by atoms with Crippen molar-refractivity contribution in [1.82, 2.24) is 9.78 Å². The van der Waals surface area contributed by atoms with Gasteiger partial charge in [-0.2, -0.15) is 5.10 Å². The number of carbonyl (C=O) groups is 1. The number of hydrogen-bond donors (Lipinski definition) is 0. The Bertz CT molecular complexity index is 837. The van der Waals surface area contributed by atoms with Gasteiger partial charge in [0, 0.05) is 23.1 Å². The van der Waals surface area contributed by atoms with Crippen LogP contribution in [-0.2, 0) is 0 Å². The van der Waals surface area contributed by atoms with Gasteiger partial charge in [-0.3, -0.25) is 4.79 Å². The van der Waals surface area contributed by atoms with E-state index >= 15 is 0 Å². The molecule has 1 heterocycles. The Morgan fingerprint density at radius 1 is 1.19 bits per heavy atom. The van der Waals surface area contributed by atoms with Crippen LogP contribution in [0.5, 0.6) is 0 Å². The van der Waals surface area contributed by atoms with E-state index in [-0.39, 0.29) is 11.3 Å². The van der Waals surface area contributed by atoms with Gasteiger partial charge in [-0.15, -0.1) is 0 Å². The van der Waals surface area contributed by atoms with E-state index in [2.05, 4.69) is 53.7 Å². The van der Waals surface area contributed by atoms with Gasteiger partial charge >= 0.3 is 0 Å². The lowest BCUT2D eigenvalue weighted by molar-refractivity contribution is 0.0945. The maximum absolute atomic E-state index is 13.1. The Balaban J connectivity index is 2.19. The van der Waals surface area contributed by atoms with Crippen LogP contribution in [0.15, 0.2) is 42.5 Å². The third-order valence-corrected chi connectivity index (χ3v) is 5.50. The highest BCUT2D eigenvalue weighted by molar-refractivity contribution is 5.91. The van der Waals surface area contributed by atoms with Crippen LogP contribution in [0.2, 0.25) is 0 Å². The molecular weight excluding hydrogens is 332 g/mol. The molecule has 2 aromatic rings. The first-order chi connectivity index (χ1) is 12.7. The highest BCUT2D eigenvalue weighted by atomic mass is 16.2. The topological polar surface area (TPSA) is 34.9 Å². The van der Waals surface area contributed by atoms with Gasteiger partial charge in [0.2, 0.25) is 0 Å². The van der Waals surface area contributed by atoms with Crippen LogP contribution in [0.25, 0.3) is 11.3 Å². The van der Waals surface area contributed by atoms with Crippen LogP contribution in [0.1, 0.15) is 82.3 Å². The van der Waals surface area contributed by atoms with Crippen LogP contribution in [-0.4, -0.2) is 15.7 Å². The number of fused-ring (bicyclic) bond motifs is 1. The monoisotopic (exact) mass is 364 g/mol. The number of allylic oxidation sites excluding steroid dienone is 2. The van der Waals surface area contributed by atoms with E-state index in [0.717, 1.165) is 29.8 Å². The second-order valence-corrected chi connectivity index (χ2v) is 9.29. The molecule has 0 saturated heterocycles. The van der Waals surface area contributed by atoms with E-state index in [1.165, 1.54) is 5.56 Å². The van der Waals surface area contributed by atoms with Crippen LogP contribution in [0, 0.1) is 11.3 Å². The SMILES string of the molecule is CC(C)[C@@H]1CC[C@@H](C)c2c(-c3ccccc3)nn(C(=O)/C=C/C(C)(C)C)c21. The molecule has 0 amide bonds. The van der Waals surface area contributed by atoms with Crippen LogP contribution in [0.3, 0.4) is 0 Å². The van der Waals surface area contributed by atoms with E-state index < -0.39 is 0 Å². The summed E-state index contributed by atoms with van der Waals surface area (Å²) in [6.07, 6.45) is 5.93. The number of rotatable bonds is 3. The van der Waals surface area contributed by atoms with Gasteiger partial charge in [0.05, 0.1) is 11.4 Å². The van der Waals surface area contributed by atoms with Gasteiger partial charge in [-0.25, -0.2) is 4.68 Å². The Morgan fingerprint density at radius 2 is 1.85 bits per heavy atom. The Hall–Kier alpha value is -2.16. The largest absolute Gasteiger partial charge is 0.270 e. The molecule has 27 heavy (non-hydrogen) atoms. The highest BCUT2D eigenvalue weighted by Crippen LogP contribution is 2.46. The summed E-state index contributed by atoms with van der Waals surface area (Å²) in [5.41, 5.74) is 4.43. The predicted octanol–water partition coefficient (Wildman–Crippen LogP) is 6.43. The van der Waals surface area contributed by atoms with E-state index in [4.69, 9.17) is 5.10 Å². The summed E-state index contributed by atoms with van der Waals surface area (Å²) < 4.78 is 1.69. The summed E-state index contributed by atoms with van der Waals surface area (Å²) in [4.78, 5) is 13.1. The molecule has 1 aromatic carbocycles. The Labute approximate surface area is 163 Å². The summed E-state index contributed by atoms with van der Waals surface area (Å²) in [5.74, 6) is 1.23. The summed E-state index contributed by atoms with van der Waals surface area (Å²) in [6.45, 7) is 13.1. The zero-order valence-corrected chi connectivity index (χ0v) is 17.5. The minimum atomic E-state index is -0.0388. The average molecular weight is 365 g/mol. The number of carbonyl (C=O) groups excluding carboxylic acids is 1. The third kappa shape index (κ3) is 4.07. The van der Waals surface area contributed by atoms with Gasteiger partial charge in [0.25, 0.3) is 5.91 Å². The number of hydrogen-bond acceptors (Lipinski definition) is 2. The first-order valence-electron chi connectivity index (χ1n) is 10.1. The maximum Gasteiger partial charge on any atom is 0.270 e. The minimum Gasteiger partial charge on any atom is -0.267 e. The first-order valence-corrected chi connectivity index (χ1v) is 10.1. The molecule has 0 bridgehead atoms. The van der Waals surface area contributed by atoms with Crippen molar-refractivity contribution in [2.75, 3.05) is 0 Å². The predicted molar refractivity (Wildman–Crippen MR) is 112 cm³/mol. The molecular formula is C24H32N2O. The molecule has 1 aliphatic rings. The van der Waals surface area contributed by atoms with Crippen LogP contribution >= 0.6 is 0 Å². The zero-order chi connectivity index (χ0) is 19.8. The smallest absolute Gasteiger partial charge is 0.267 e. The van der Waals surface area contributed by atoms with Gasteiger partial charge in [0.15, 0.2) is 0 Å². The lowest BCUT2D eigenvalue weighted by Gasteiger charge is -2.30. The molecule has 0 radical (unpaired) electrons. The molecule has 0 saturated carbocycles. The van der Waals surface area contributed by atoms with E-state index in [0.29, 0.717) is 17.8 Å². The van der Waals surface area contributed by atoms with Crippen LogP contribution in [0.4, 0.5) is 0 Å². The molecule has 0 unspecified atom stereocenters. The van der Waals surface area contributed by atoms with Crippen molar-refractivity contribution < 1.29 is 4.79 Å². The second-order valence-electron chi connectivity index (χ2n) is 9.29. The molecule has 144 valence electrons. The molecule has 2 atom stereocenters. The van der Waals surface area contributed by atoms with Gasteiger partial charge in [0.1, 0.15) is 0 Å². The summed E-state index contributed by atoms with van der Waals surface area (Å²) in [6, 6.07) is 10.3. The van der Waals surface area contributed by atoms with Gasteiger partial charge in [-0.1, -0.05) is 78.0 Å². The molecule has 1 aliphatic carbocycles. The molecule has 0 N–H and O–H groups in total. The lowest BCUT2D eigenvalue weighted by Crippen LogP contribution is -2.23. The summed E-state index contributed by atoms with van der Waals surface area (Å²) >= 11 is 0. The molecule has 0 spiro atoms. The van der Waals surface area contributed by atoms with Gasteiger partial charge < -0.3 is 0 Å². The van der Waals surface area contributed by atoms with E-state index in [9.17, 15) is 4.79 Å². The Kier molecular flexibility index (Phi) is 5.41. The molecule has 0 fully saturated rings. The minimum absolute atomic E-state index is 0.0319. The number of aromatic nitrogens is 2. The van der Waals surface area contributed by atoms with Crippen molar-refractivity contribution in [2.45, 2.75) is 66.2 Å². The van der Waals surface area contributed by atoms with Crippen molar-refractivity contribution in [1.29, 1.82) is 0 Å². The van der Waals surface area contributed by atoms with Crippen molar-refractivity contribution in [3.8, 4) is 11.3 Å². The fraction of sp³-hybridized carbons (Fsp3) is 0.500. The lowest BCUT2D eigenvalue weighted by atomic mass is 9.75. The highest BCUT2D eigenvalue weighted by Gasteiger charge is 2.35. The third-order valence-electron chi connectivity index (χ3n) is 5.50. The number of nitrogens with zero attached hydrogens (tertiary/aromatic N) is 2. The van der Waals surface area contributed by atoms with E-state index in [1.54, 1.807) is 10.8 Å². The average Bonchev–Trinajstić information content (AvgIpc) is 3.01. The van der Waals surface area contributed by atoms with Crippen molar-refractivity contribution >= 4 is 5.91 Å². The van der Waals surface area contributed by atoms with Crippen molar-refractivity contribution in [3.05, 3.63) is 53.7 Å². The van der Waals surface area contributed by atoms with Gasteiger partial charge in [-0.05, 0) is 30.1 Å². The normalized spacial score (nSPS) is 20.3. The molecule has 3 nitrogen and oxygen atoms in total. The fourth-order valence-electron chi connectivity index (χ4n) is 4.01. The van der Waals surface area contributed by atoms with E-state index in [1.807, 2.05) is 24.3 Å². The molecule has 0 aliphatic heterocycles. The van der Waals surface area contributed by atoms with Crippen LogP contribution < -0.4 is 0 Å². The maximum atomic E-state index is 13.1. The van der Waals surface area contributed by atoms with Crippen molar-refractivity contribution in [3.63, 3.8) is 0 Å². The second kappa shape index (κ2) is 7.46. The molecule has 3 rings (SSSR count). The summed E-state index contributed by atoms with van der Waals surface area (Å²) in [7, 11) is 0. The molecule has 1 aromatic heterocycles. The first kappa shape index (κ1) is 19.6. The number of benzene rings is 1. The summed E-state index contributed by atoms with van der Waals surface area (Å²) in [5, 5.41) is 4.86.